The molecule has 0 aliphatic rings. The summed E-state index contributed by atoms with van der Waals surface area (Å²) in [7, 11) is 1.24. The monoisotopic (exact) mass is 246 g/mol. The molecule has 0 aliphatic heterocycles. The number of rotatable bonds is 3. The number of methoxy groups -OCH3 is 1. The molecule has 5 nitrogen and oxygen atoms in total. The van der Waals surface area contributed by atoms with Crippen LogP contribution < -0.4 is 0 Å². The average Bonchev–Trinajstić information content (AvgIpc) is 2.91. The molecular formula is C13H10O5. The van der Waals surface area contributed by atoms with Crippen LogP contribution >= 0.6 is 0 Å². The quantitative estimate of drug-likeness (QED) is 0.841. The summed E-state index contributed by atoms with van der Waals surface area (Å²) in [6.45, 7) is 0. The standard InChI is InChI=1S/C13H10O5/c1-17-13(16)10-6-8(11-3-2-4-18-11)5-9(7-10)12(14)15/h2-7H,1H3,(H,14,15). The van der Waals surface area contributed by atoms with Gasteiger partial charge in [0.25, 0.3) is 0 Å². The van der Waals surface area contributed by atoms with Crippen LogP contribution in [0.5, 0.6) is 0 Å². The molecule has 0 fully saturated rings. The van der Waals surface area contributed by atoms with Gasteiger partial charge in [-0.25, -0.2) is 9.59 Å². The molecule has 1 aromatic heterocycles. The van der Waals surface area contributed by atoms with Gasteiger partial charge in [-0.05, 0) is 30.3 Å². The number of carboxylic acids is 1. The van der Waals surface area contributed by atoms with Crippen molar-refractivity contribution in [1.29, 1.82) is 0 Å². The molecule has 0 aliphatic carbocycles. The second-order valence-electron chi connectivity index (χ2n) is 3.57. The predicted molar refractivity (Wildman–Crippen MR) is 62.4 cm³/mol. The fourth-order valence-electron chi connectivity index (χ4n) is 1.57. The smallest absolute Gasteiger partial charge is 0.337 e. The first-order valence-corrected chi connectivity index (χ1v) is 5.12. The van der Waals surface area contributed by atoms with Gasteiger partial charge in [-0.3, -0.25) is 0 Å². The first kappa shape index (κ1) is 11.9. The number of esters is 1. The Bertz CT molecular complexity index is 583. The molecular weight excluding hydrogens is 236 g/mol. The van der Waals surface area contributed by atoms with E-state index in [0.717, 1.165) is 0 Å². The third-order valence-electron chi connectivity index (χ3n) is 2.41. The van der Waals surface area contributed by atoms with Crippen molar-refractivity contribution in [2.75, 3.05) is 7.11 Å². The van der Waals surface area contributed by atoms with Gasteiger partial charge in [-0.2, -0.15) is 0 Å². The summed E-state index contributed by atoms with van der Waals surface area (Å²) < 4.78 is 9.76. The maximum atomic E-state index is 11.5. The van der Waals surface area contributed by atoms with E-state index in [9.17, 15) is 9.59 Å². The summed E-state index contributed by atoms with van der Waals surface area (Å²) in [6.07, 6.45) is 1.47. The van der Waals surface area contributed by atoms with Gasteiger partial charge in [0, 0.05) is 5.56 Å². The molecule has 1 heterocycles. The highest BCUT2D eigenvalue weighted by atomic mass is 16.5. The Hall–Kier alpha value is -2.56. The molecule has 18 heavy (non-hydrogen) atoms. The summed E-state index contributed by atoms with van der Waals surface area (Å²) in [5.41, 5.74) is 0.688. The number of carbonyl (C=O) groups is 2. The van der Waals surface area contributed by atoms with Crippen LogP contribution in [-0.2, 0) is 4.74 Å². The molecule has 1 aromatic carbocycles. The van der Waals surface area contributed by atoms with E-state index in [1.165, 1.54) is 31.6 Å². The molecule has 0 spiro atoms. The molecule has 0 saturated carbocycles. The molecule has 0 unspecified atom stereocenters. The second-order valence-corrected chi connectivity index (χ2v) is 3.57. The molecule has 2 aromatic rings. The Labute approximate surface area is 103 Å². The highest BCUT2D eigenvalue weighted by Crippen LogP contribution is 2.23. The van der Waals surface area contributed by atoms with Gasteiger partial charge in [0.05, 0.1) is 24.5 Å². The summed E-state index contributed by atoms with van der Waals surface area (Å²) in [5, 5.41) is 9.00. The van der Waals surface area contributed by atoms with Crippen LogP contribution in [0.3, 0.4) is 0 Å². The molecule has 0 saturated heterocycles. The van der Waals surface area contributed by atoms with Crippen molar-refractivity contribution in [1.82, 2.24) is 0 Å². The second kappa shape index (κ2) is 4.75. The van der Waals surface area contributed by atoms with Crippen molar-refractivity contribution in [3.05, 3.63) is 47.7 Å². The molecule has 0 amide bonds. The van der Waals surface area contributed by atoms with E-state index < -0.39 is 11.9 Å². The minimum Gasteiger partial charge on any atom is -0.478 e. The maximum Gasteiger partial charge on any atom is 0.337 e. The number of hydrogen-bond donors (Lipinski definition) is 1. The largest absolute Gasteiger partial charge is 0.478 e. The minimum atomic E-state index is -1.12. The van der Waals surface area contributed by atoms with Crippen LogP contribution in [0.2, 0.25) is 0 Å². The molecule has 92 valence electrons. The maximum absolute atomic E-state index is 11.5. The zero-order valence-corrected chi connectivity index (χ0v) is 9.54. The van der Waals surface area contributed by atoms with Crippen molar-refractivity contribution < 1.29 is 23.8 Å². The highest BCUT2D eigenvalue weighted by molar-refractivity contribution is 5.96. The Balaban J connectivity index is 2.57. The van der Waals surface area contributed by atoms with E-state index in [1.807, 2.05) is 0 Å². The van der Waals surface area contributed by atoms with Gasteiger partial charge in [-0.1, -0.05) is 0 Å². The van der Waals surface area contributed by atoms with Crippen LogP contribution in [0.25, 0.3) is 11.3 Å². The molecule has 0 bridgehead atoms. The number of benzene rings is 1. The molecule has 0 radical (unpaired) electrons. The lowest BCUT2D eigenvalue weighted by Gasteiger charge is -2.04. The summed E-state index contributed by atoms with van der Waals surface area (Å²) >= 11 is 0. The lowest BCUT2D eigenvalue weighted by atomic mass is 10.0. The van der Waals surface area contributed by atoms with E-state index in [0.29, 0.717) is 11.3 Å². The summed E-state index contributed by atoms with van der Waals surface area (Å²) in [4.78, 5) is 22.5. The fraction of sp³-hybridized carbons (Fsp3) is 0.0769. The third-order valence-corrected chi connectivity index (χ3v) is 2.41. The lowest BCUT2D eigenvalue weighted by molar-refractivity contribution is 0.0601. The van der Waals surface area contributed by atoms with E-state index in [2.05, 4.69) is 4.74 Å². The van der Waals surface area contributed by atoms with Crippen molar-refractivity contribution in [2.45, 2.75) is 0 Å². The third kappa shape index (κ3) is 2.24. The molecule has 5 heteroatoms. The SMILES string of the molecule is COC(=O)c1cc(C(=O)O)cc(-c2ccco2)c1. The van der Waals surface area contributed by atoms with E-state index >= 15 is 0 Å². The van der Waals surface area contributed by atoms with Crippen molar-refractivity contribution >= 4 is 11.9 Å². The number of carbonyl (C=O) groups excluding carboxylic acids is 1. The van der Waals surface area contributed by atoms with E-state index in [-0.39, 0.29) is 11.1 Å². The minimum absolute atomic E-state index is 0.00398. The van der Waals surface area contributed by atoms with Gasteiger partial charge in [-0.15, -0.1) is 0 Å². The van der Waals surface area contributed by atoms with Crippen LogP contribution in [0.15, 0.2) is 41.0 Å². The molecule has 1 N–H and O–H groups in total. The Kier molecular flexibility index (Phi) is 3.14. The normalized spacial score (nSPS) is 10.1. The van der Waals surface area contributed by atoms with Crippen LogP contribution in [0, 0.1) is 0 Å². The van der Waals surface area contributed by atoms with Gasteiger partial charge in [0.15, 0.2) is 0 Å². The summed E-state index contributed by atoms with van der Waals surface area (Å²) in [5.74, 6) is -1.22. The lowest BCUT2D eigenvalue weighted by Crippen LogP contribution is -2.05. The molecule has 2 rings (SSSR count). The first-order chi connectivity index (χ1) is 8.61. The molecule has 0 atom stereocenters. The zero-order valence-electron chi connectivity index (χ0n) is 9.54. The highest BCUT2D eigenvalue weighted by Gasteiger charge is 2.14. The Morgan fingerprint density at radius 1 is 1.22 bits per heavy atom. The van der Waals surface area contributed by atoms with Crippen LogP contribution in [0.1, 0.15) is 20.7 Å². The van der Waals surface area contributed by atoms with Crippen molar-refractivity contribution in [2.24, 2.45) is 0 Å². The van der Waals surface area contributed by atoms with Crippen LogP contribution in [0.4, 0.5) is 0 Å². The average molecular weight is 246 g/mol. The van der Waals surface area contributed by atoms with Crippen molar-refractivity contribution in [3.8, 4) is 11.3 Å². The number of furan rings is 1. The summed E-state index contributed by atoms with van der Waals surface area (Å²) in [6, 6.07) is 7.59. The fourth-order valence-corrected chi connectivity index (χ4v) is 1.57. The van der Waals surface area contributed by atoms with Gasteiger partial charge >= 0.3 is 11.9 Å². The number of carboxylic acid groups (broad SMARTS) is 1. The van der Waals surface area contributed by atoms with Gasteiger partial charge in [0.2, 0.25) is 0 Å². The van der Waals surface area contributed by atoms with Crippen molar-refractivity contribution in [3.63, 3.8) is 0 Å². The Morgan fingerprint density at radius 2 is 1.94 bits per heavy atom. The van der Waals surface area contributed by atoms with E-state index in [1.54, 1.807) is 12.1 Å². The van der Waals surface area contributed by atoms with E-state index in [4.69, 9.17) is 9.52 Å². The first-order valence-electron chi connectivity index (χ1n) is 5.12. The topological polar surface area (TPSA) is 76.7 Å². The van der Waals surface area contributed by atoms with Gasteiger partial charge in [0.1, 0.15) is 5.76 Å². The number of ether oxygens (including phenoxy) is 1. The Morgan fingerprint density at radius 3 is 2.50 bits per heavy atom. The number of aromatic carboxylic acids is 1. The van der Waals surface area contributed by atoms with Gasteiger partial charge < -0.3 is 14.3 Å². The predicted octanol–water partition coefficient (Wildman–Crippen LogP) is 2.43. The number of hydrogen-bond acceptors (Lipinski definition) is 4. The zero-order chi connectivity index (χ0) is 13.1. The van der Waals surface area contributed by atoms with Crippen LogP contribution in [-0.4, -0.2) is 24.2 Å².